The molecule has 2 unspecified atom stereocenters. The van der Waals surface area contributed by atoms with E-state index in [9.17, 15) is 9.90 Å². The second-order valence-corrected chi connectivity index (χ2v) is 8.89. The normalized spacial score (nSPS) is 23.5. The molecular weight excluding hydrogens is 374 g/mol. The van der Waals surface area contributed by atoms with Crippen LogP contribution in [0.15, 0.2) is 17.6 Å². The van der Waals surface area contributed by atoms with Gasteiger partial charge in [-0.05, 0) is 25.2 Å². The molecule has 2 aromatic heterocycles. The molecule has 0 aromatic carbocycles. The van der Waals surface area contributed by atoms with Crippen molar-refractivity contribution < 1.29 is 9.90 Å². The maximum absolute atomic E-state index is 11.8. The first-order valence-electron chi connectivity index (χ1n) is 10.1. The number of hydrogen-bond acceptors (Lipinski definition) is 7. The molecule has 7 nitrogen and oxygen atoms in total. The number of thiazole rings is 1. The van der Waals surface area contributed by atoms with Crippen molar-refractivity contribution in [2.75, 3.05) is 23.3 Å². The number of aliphatic carboxylic acids is 1. The molecular formula is C20H27N5O2S. The molecule has 2 N–H and O–H groups in total. The molecule has 2 aromatic rings. The minimum Gasteiger partial charge on any atom is -0.481 e. The fourth-order valence-electron chi connectivity index (χ4n) is 4.58. The predicted molar refractivity (Wildman–Crippen MR) is 110 cm³/mol. The van der Waals surface area contributed by atoms with Crippen LogP contribution < -0.4 is 10.2 Å². The van der Waals surface area contributed by atoms with Crippen molar-refractivity contribution in [3.8, 4) is 0 Å². The SMILES string of the molecule is Cc1cc(Nc2nccs2)nc(N2CC(C(=O)O)CC(C3CCCCC3)C2)n1. The number of carboxylic acid groups (broad SMARTS) is 1. The maximum Gasteiger partial charge on any atom is 0.308 e. The number of hydrogen-bond donors (Lipinski definition) is 2. The minimum absolute atomic E-state index is 0.361. The Hall–Kier alpha value is -2.22. The number of aromatic nitrogens is 3. The largest absolute Gasteiger partial charge is 0.481 e. The van der Waals surface area contributed by atoms with E-state index in [0.29, 0.717) is 30.1 Å². The number of piperidine rings is 1. The average Bonchev–Trinajstić information content (AvgIpc) is 3.21. The number of carboxylic acids is 1. The van der Waals surface area contributed by atoms with Gasteiger partial charge in [-0.25, -0.2) is 9.97 Å². The fourth-order valence-corrected chi connectivity index (χ4v) is 5.12. The summed E-state index contributed by atoms with van der Waals surface area (Å²) in [5.74, 6) is 1.26. The molecule has 0 bridgehead atoms. The van der Waals surface area contributed by atoms with E-state index in [-0.39, 0.29) is 5.92 Å². The highest BCUT2D eigenvalue weighted by Gasteiger charge is 2.36. The zero-order chi connectivity index (χ0) is 19.5. The monoisotopic (exact) mass is 401 g/mol. The van der Waals surface area contributed by atoms with Gasteiger partial charge in [0.25, 0.3) is 0 Å². The van der Waals surface area contributed by atoms with Crippen LogP contribution in [0.5, 0.6) is 0 Å². The quantitative estimate of drug-likeness (QED) is 0.779. The fraction of sp³-hybridized carbons (Fsp3) is 0.600. The number of nitrogens with one attached hydrogen (secondary N) is 1. The first-order chi connectivity index (χ1) is 13.6. The van der Waals surface area contributed by atoms with E-state index >= 15 is 0 Å². The molecule has 1 aliphatic heterocycles. The number of rotatable bonds is 5. The van der Waals surface area contributed by atoms with Crippen LogP contribution in [0.1, 0.15) is 44.2 Å². The van der Waals surface area contributed by atoms with Crippen LogP contribution in [0.2, 0.25) is 0 Å². The van der Waals surface area contributed by atoms with Crippen LogP contribution in [-0.4, -0.2) is 39.1 Å². The van der Waals surface area contributed by atoms with Crippen LogP contribution in [0, 0.1) is 24.7 Å². The van der Waals surface area contributed by atoms with Gasteiger partial charge in [0.15, 0.2) is 5.13 Å². The van der Waals surface area contributed by atoms with E-state index in [2.05, 4.69) is 25.2 Å². The minimum atomic E-state index is -0.709. The Balaban J connectivity index is 1.57. The Morgan fingerprint density at radius 1 is 1.21 bits per heavy atom. The van der Waals surface area contributed by atoms with Crippen molar-refractivity contribution >= 4 is 34.2 Å². The van der Waals surface area contributed by atoms with Crippen molar-refractivity contribution in [2.24, 2.45) is 17.8 Å². The topological polar surface area (TPSA) is 91.2 Å². The van der Waals surface area contributed by atoms with Crippen molar-refractivity contribution in [1.82, 2.24) is 15.0 Å². The third kappa shape index (κ3) is 4.43. The Labute approximate surface area is 169 Å². The summed E-state index contributed by atoms with van der Waals surface area (Å²) in [6, 6.07) is 1.89. The Morgan fingerprint density at radius 2 is 2.04 bits per heavy atom. The molecule has 2 fully saturated rings. The van der Waals surface area contributed by atoms with Gasteiger partial charge in [-0.1, -0.05) is 32.1 Å². The van der Waals surface area contributed by atoms with E-state index in [1.807, 2.05) is 18.4 Å². The summed E-state index contributed by atoms with van der Waals surface area (Å²) in [6.07, 6.45) is 8.80. The van der Waals surface area contributed by atoms with Crippen molar-refractivity contribution in [1.29, 1.82) is 0 Å². The van der Waals surface area contributed by atoms with Gasteiger partial charge in [0.1, 0.15) is 5.82 Å². The molecule has 0 radical (unpaired) electrons. The second-order valence-electron chi connectivity index (χ2n) is 7.99. The van der Waals surface area contributed by atoms with Gasteiger partial charge in [-0.15, -0.1) is 11.3 Å². The molecule has 28 heavy (non-hydrogen) atoms. The van der Waals surface area contributed by atoms with Gasteiger partial charge >= 0.3 is 5.97 Å². The Morgan fingerprint density at radius 3 is 2.75 bits per heavy atom. The zero-order valence-electron chi connectivity index (χ0n) is 16.2. The molecule has 3 heterocycles. The summed E-state index contributed by atoms with van der Waals surface area (Å²) < 4.78 is 0. The van der Waals surface area contributed by atoms with Gasteiger partial charge in [-0.3, -0.25) is 4.79 Å². The van der Waals surface area contributed by atoms with Gasteiger partial charge in [0, 0.05) is 36.4 Å². The first kappa shape index (κ1) is 19.1. The van der Waals surface area contributed by atoms with Crippen LogP contribution in [0.3, 0.4) is 0 Å². The van der Waals surface area contributed by atoms with E-state index in [1.54, 1.807) is 6.20 Å². The highest BCUT2D eigenvalue weighted by Crippen LogP contribution is 2.37. The van der Waals surface area contributed by atoms with Crippen molar-refractivity contribution in [2.45, 2.75) is 45.4 Å². The van der Waals surface area contributed by atoms with E-state index in [1.165, 1.54) is 43.4 Å². The number of carbonyl (C=O) groups is 1. The number of aryl methyl sites for hydroxylation is 1. The lowest BCUT2D eigenvalue weighted by Crippen LogP contribution is -2.46. The van der Waals surface area contributed by atoms with Gasteiger partial charge in [0.05, 0.1) is 5.92 Å². The van der Waals surface area contributed by atoms with E-state index < -0.39 is 5.97 Å². The number of anilines is 3. The molecule has 150 valence electrons. The summed E-state index contributed by atoms with van der Waals surface area (Å²) in [7, 11) is 0. The third-order valence-corrected chi connectivity index (χ3v) is 6.63. The molecule has 0 amide bonds. The lowest BCUT2D eigenvalue weighted by molar-refractivity contribution is -0.142. The van der Waals surface area contributed by atoms with Gasteiger partial charge in [0.2, 0.25) is 5.95 Å². The van der Waals surface area contributed by atoms with Crippen LogP contribution in [-0.2, 0) is 4.79 Å². The molecule has 2 aliphatic rings. The second kappa shape index (κ2) is 8.43. The molecule has 8 heteroatoms. The van der Waals surface area contributed by atoms with Crippen LogP contribution in [0.4, 0.5) is 16.9 Å². The molecule has 1 saturated carbocycles. The third-order valence-electron chi connectivity index (χ3n) is 5.94. The molecule has 1 saturated heterocycles. The zero-order valence-corrected chi connectivity index (χ0v) is 17.0. The summed E-state index contributed by atoms with van der Waals surface area (Å²) in [4.78, 5) is 27.5. The maximum atomic E-state index is 11.8. The Kier molecular flexibility index (Phi) is 5.75. The number of nitrogens with zero attached hydrogens (tertiary/aromatic N) is 4. The summed E-state index contributed by atoms with van der Waals surface area (Å²) in [6.45, 7) is 3.25. The lowest BCUT2D eigenvalue weighted by Gasteiger charge is -2.41. The first-order valence-corrected chi connectivity index (χ1v) is 11.0. The van der Waals surface area contributed by atoms with Crippen LogP contribution >= 0.6 is 11.3 Å². The Bertz CT molecular complexity index is 807. The smallest absolute Gasteiger partial charge is 0.308 e. The summed E-state index contributed by atoms with van der Waals surface area (Å²) >= 11 is 1.51. The summed E-state index contributed by atoms with van der Waals surface area (Å²) in [5.41, 5.74) is 0.857. The molecule has 4 rings (SSSR count). The molecule has 1 aliphatic carbocycles. The highest BCUT2D eigenvalue weighted by atomic mass is 32.1. The van der Waals surface area contributed by atoms with E-state index in [4.69, 9.17) is 0 Å². The highest BCUT2D eigenvalue weighted by molar-refractivity contribution is 7.13. The van der Waals surface area contributed by atoms with Crippen molar-refractivity contribution in [3.05, 3.63) is 23.3 Å². The van der Waals surface area contributed by atoms with E-state index in [0.717, 1.165) is 23.8 Å². The van der Waals surface area contributed by atoms with Gasteiger partial charge < -0.3 is 15.3 Å². The van der Waals surface area contributed by atoms with Crippen molar-refractivity contribution in [3.63, 3.8) is 0 Å². The predicted octanol–water partition coefficient (Wildman–Crippen LogP) is 4.09. The summed E-state index contributed by atoms with van der Waals surface area (Å²) in [5, 5.41) is 15.6. The average molecular weight is 402 g/mol. The molecule has 2 atom stereocenters. The van der Waals surface area contributed by atoms with Gasteiger partial charge in [-0.2, -0.15) is 4.98 Å². The molecule has 0 spiro atoms. The lowest BCUT2D eigenvalue weighted by atomic mass is 9.74. The van der Waals surface area contributed by atoms with Crippen LogP contribution in [0.25, 0.3) is 0 Å². The standard InChI is InChI=1S/C20H27N5O2S/c1-13-9-17(24-20-21-7-8-28-20)23-19(22-13)25-11-15(10-16(12-25)18(26)27)14-5-3-2-4-6-14/h7-9,14-16H,2-6,10-12H2,1H3,(H,26,27)(H,21,22,23,24).